The molecule has 1 amide bonds. The summed E-state index contributed by atoms with van der Waals surface area (Å²) in [5.41, 5.74) is 5.72. The number of amides is 1. The Morgan fingerprint density at radius 3 is 2.13 bits per heavy atom. The van der Waals surface area contributed by atoms with Crippen molar-refractivity contribution in [2.75, 3.05) is 21.1 Å². The first kappa shape index (κ1) is 13.4. The molecule has 2 N–H and O–H groups in total. The molecule has 15 heavy (non-hydrogen) atoms. The third-order valence-electron chi connectivity index (χ3n) is 1.22. The molecular formula is C11H18N2O2. The third kappa shape index (κ3) is 10.4. The van der Waals surface area contributed by atoms with Crippen molar-refractivity contribution in [3.8, 4) is 0 Å². The minimum absolute atomic E-state index is 0.246. The van der Waals surface area contributed by atoms with Crippen molar-refractivity contribution >= 4 is 6.09 Å². The van der Waals surface area contributed by atoms with E-state index in [0.717, 1.165) is 5.56 Å². The van der Waals surface area contributed by atoms with Gasteiger partial charge in [0.1, 0.15) is 6.61 Å². The Morgan fingerprint density at radius 1 is 1.27 bits per heavy atom. The molecule has 0 unspecified atom stereocenters. The summed E-state index contributed by atoms with van der Waals surface area (Å²) in [4.78, 5) is 12.2. The molecule has 0 bridgehead atoms. The van der Waals surface area contributed by atoms with Crippen LogP contribution in [0.25, 0.3) is 0 Å². The van der Waals surface area contributed by atoms with Gasteiger partial charge in [0.2, 0.25) is 0 Å². The number of benzene rings is 1. The van der Waals surface area contributed by atoms with Crippen LogP contribution in [0.15, 0.2) is 30.3 Å². The van der Waals surface area contributed by atoms with Gasteiger partial charge in [-0.15, -0.1) is 0 Å². The molecule has 0 aliphatic rings. The molecule has 0 spiro atoms. The zero-order valence-electron chi connectivity index (χ0n) is 9.43. The smallest absolute Gasteiger partial charge is 0.404 e. The Balaban J connectivity index is 0.000000423. The topological polar surface area (TPSA) is 55.6 Å². The van der Waals surface area contributed by atoms with E-state index in [0.29, 0.717) is 0 Å². The van der Waals surface area contributed by atoms with Crippen molar-refractivity contribution in [2.24, 2.45) is 5.73 Å². The molecule has 84 valence electrons. The number of nitrogens with two attached hydrogens (primary N) is 1. The Hall–Kier alpha value is -1.55. The van der Waals surface area contributed by atoms with Crippen molar-refractivity contribution in [1.29, 1.82) is 0 Å². The molecule has 0 heterocycles. The van der Waals surface area contributed by atoms with Gasteiger partial charge in [0, 0.05) is 0 Å². The molecule has 0 aromatic heterocycles. The van der Waals surface area contributed by atoms with Crippen LogP contribution >= 0.6 is 0 Å². The molecule has 1 rings (SSSR count). The Morgan fingerprint density at radius 2 is 1.73 bits per heavy atom. The molecule has 0 radical (unpaired) electrons. The lowest BCUT2D eigenvalue weighted by atomic mass is 10.2. The largest absolute Gasteiger partial charge is 0.445 e. The van der Waals surface area contributed by atoms with E-state index in [1.807, 2.05) is 56.4 Å². The van der Waals surface area contributed by atoms with E-state index in [-0.39, 0.29) is 6.61 Å². The van der Waals surface area contributed by atoms with Crippen molar-refractivity contribution < 1.29 is 9.53 Å². The maximum atomic E-state index is 10.2. The van der Waals surface area contributed by atoms with Gasteiger partial charge in [0.05, 0.1) is 0 Å². The first-order valence-electron chi connectivity index (χ1n) is 4.59. The highest BCUT2D eigenvalue weighted by molar-refractivity contribution is 5.64. The van der Waals surface area contributed by atoms with Gasteiger partial charge in [-0.1, -0.05) is 30.3 Å². The van der Waals surface area contributed by atoms with Crippen LogP contribution in [0.5, 0.6) is 0 Å². The van der Waals surface area contributed by atoms with E-state index in [2.05, 4.69) is 4.74 Å². The third-order valence-corrected chi connectivity index (χ3v) is 1.22. The minimum Gasteiger partial charge on any atom is -0.445 e. The van der Waals surface area contributed by atoms with Crippen LogP contribution in [0.4, 0.5) is 4.79 Å². The maximum Gasteiger partial charge on any atom is 0.404 e. The van der Waals surface area contributed by atoms with E-state index >= 15 is 0 Å². The number of nitrogens with zero attached hydrogens (tertiary/aromatic N) is 1. The van der Waals surface area contributed by atoms with Crippen LogP contribution in [0.1, 0.15) is 5.56 Å². The molecule has 0 aliphatic carbocycles. The average molecular weight is 210 g/mol. The Labute approximate surface area is 90.6 Å². The van der Waals surface area contributed by atoms with E-state index < -0.39 is 6.09 Å². The van der Waals surface area contributed by atoms with E-state index in [4.69, 9.17) is 5.73 Å². The highest BCUT2D eigenvalue weighted by Crippen LogP contribution is 1.99. The number of rotatable bonds is 2. The fourth-order valence-corrected chi connectivity index (χ4v) is 0.729. The minimum atomic E-state index is -0.742. The summed E-state index contributed by atoms with van der Waals surface area (Å²) in [6, 6.07) is 9.37. The summed E-state index contributed by atoms with van der Waals surface area (Å²) in [6.07, 6.45) is -0.742. The maximum absolute atomic E-state index is 10.2. The summed E-state index contributed by atoms with van der Waals surface area (Å²) < 4.78 is 4.57. The first-order valence-corrected chi connectivity index (χ1v) is 4.59. The molecule has 0 aliphatic heterocycles. The van der Waals surface area contributed by atoms with Gasteiger partial charge in [0.25, 0.3) is 0 Å². The number of carbonyl (C=O) groups excluding carboxylic acids is 1. The van der Waals surface area contributed by atoms with Gasteiger partial charge < -0.3 is 15.4 Å². The van der Waals surface area contributed by atoms with E-state index in [1.54, 1.807) is 0 Å². The van der Waals surface area contributed by atoms with Crippen LogP contribution in [0.3, 0.4) is 0 Å². The van der Waals surface area contributed by atoms with Crippen molar-refractivity contribution in [3.63, 3.8) is 0 Å². The predicted octanol–water partition coefficient (Wildman–Crippen LogP) is 1.46. The molecular weight excluding hydrogens is 192 g/mol. The molecule has 1 aromatic carbocycles. The second-order valence-corrected chi connectivity index (χ2v) is 3.43. The van der Waals surface area contributed by atoms with Crippen LogP contribution < -0.4 is 5.73 Å². The Bertz CT molecular complexity index is 270. The van der Waals surface area contributed by atoms with Crippen molar-refractivity contribution in [3.05, 3.63) is 35.9 Å². The second-order valence-electron chi connectivity index (χ2n) is 3.43. The van der Waals surface area contributed by atoms with Crippen LogP contribution in [0, 0.1) is 0 Å². The number of primary amides is 1. The van der Waals surface area contributed by atoms with E-state index in [9.17, 15) is 4.79 Å². The molecule has 0 fully saturated rings. The zero-order chi connectivity index (χ0) is 11.7. The number of hydrogen-bond acceptors (Lipinski definition) is 3. The van der Waals surface area contributed by atoms with Gasteiger partial charge in [-0.3, -0.25) is 0 Å². The van der Waals surface area contributed by atoms with Crippen LogP contribution in [-0.2, 0) is 11.3 Å². The number of hydrogen-bond donors (Lipinski definition) is 1. The molecule has 4 heteroatoms. The fraction of sp³-hybridized carbons (Fsp3) is 0.364. The lowest BCUT2D eigenvalue weighted by Gasteiger charge is -1.99. The SMILES string of the molecule is CN(C)C.NC(=O)OCc1ccccc1. The van der Waals surface area contributed by atoms with Crippen molar-refractivity contribution in [2.45, 2.75) is 6.61 Å². The standard InChI is InChI=1S/C8H9NO2.C3H9N/c9-8(10)11-6-7-4-2-1-3-5-7;1-4(2)3/h1-5H,6H2,(H2,9,10);1-3H3. The molecule has 0 saturated carbocycles. The van der Waals surface area contributed by atoms with Gasteiger partial charge in [-0.25, -0.2) is 4.79 Å². The highest BCUT2D eigenvalue weighted by Gasteiger charge is 1.93. The summed E-state index contributed by atoms with van der Waals surface area (Å²) in [7, 11) is 6.00. The van der Waals surface area contributed by atoms with E-state index in [1.165, 1.54) is 0 Å². The van der Waals surface area contributed by atoms with Crippen LogP contribution in [0.2, 0.25) is 0 Å². The molecule has 4 nitrogen and oxygen atoms in total. The summed E-state index contributed by atoms with van der Waals surface area (Å²) in [5, 5.41) is 0. The Kier molecular flexibility index (Phi) is 7.01. The lowest BCUT2D eigenvalue weighted by Crippen LogP contribution is -2.12. The second kappa shape index (κ2) is 7.82. The highest BCUT2D eigenvalue weighted by atomic mass is 16.5. The molecule has 0 saturated heterocycles. The number of carbonyl (C=O) groups is 1. The monoisotopic (exact) mass is 210 g/mol. The quantitative estimate of drug-likeness (QED) is 0.804. The normalized spacial score (nSPS) is 9.07. The average Bonchev–Trinajstić information content (AvgIpc) is 2.15. The fourth-order valence-electron chi connectivity index (χ4n) is 0.729. The molecule has 0 atom stereocenters. The van der Waals surface area contributed by atoms with Gasteiger partial charge in [-0.2, -0.15) is 0 Å². The van der Waals surface area contributed by atoms with Gasteiger partial charge in [0.15, 0.2) is 0 Å². The summed E-state index contributed by atoms with van der Waals surface area (Å²) in [5.74, 6) is 0. The lowest BCUT2D eigenvalue weighted by molar-refractivity contribution is 0.150. The van der Waals surface area contributed by atoms with Gasteiger partial charge >= 0.3 is 6.09 Å². The summed E-state index contributed by atoms with van der Waals surface area (Å²) in [6.45, 7) is 0.246. The van der Waals surface area contributed by atoms with Crippen LogP contribution in [-0.4, -0.2) is 32.1 Å². The number of ether oxygens (including phenoxy) is 1. The van der Waals surface area contributed by atoms with Gasteiger partial charge in [-0.05, 0) is 26.7 Å². The van der Waals surface area contributed by atoms with Crippen molar-refractivity contribution in [1.82, 2.24) is 4.90 Å². The predicted molar refractivity (Wildman–Crippen MR) is 60.4 cm³/mol. The zero-order valence-corrected chi connectivity index (χ0v) is 9.43. The molecule has 1 aromatic rings. The first-order chi connectivity index (χ1) is 7.02. The summed E-state index contributed by atoms with van der Waals surface area (Å²) >= 11 is 0.